The molecule has 1 saturated heterocycles. The number of ether oxygens (including phenoxy) is 2. The third kappa shape index (κ3) is 2.33. The summed E-state index contributed by atoms with van der Waals surface area (Å²) in [5, 5.41) is 9.27. The molecular formula is C10H13F5O3. The number of rotatable bonds is 1. The lowest BCUT2D eigenvalue weighted by Gasteiger charge is -2.34. The molecule has 1 N–H and O–H groups in total. The van der Waals surface area contributed by atoms with Crippen molar-refractivity contribution in [1.29, 1.82) is 0 Å². The Morgan fingerprint density at radius 2 is 1.61 bits per heavy atom. The molecule has 0 amide bonds. The molecule has 1 unspecified atom stereocenters. The normalized spacial score (nSPS) is 38.3. The molecule has 1 atom stereocenters. The molecule has 1 spiro atoms. The van der Waals surface area contributed by atoms with E-state index in [4.69, 9.17) is 9.47 Å². The second-order valence-corrected chi connectivity index (χ2v) is 4.68. The molecule has 3 nitrogen and oxygen atoms in total. The van der Waals surface area contributed by atoms with Crippen LogP contribution in [0.2, 0.25) is 0 Å². The van der Waals surface area contributed by atoms with Gasteiger partial charge in [-0.1, -0.05) is 0 Å². The molecule has 1 aliphatic carbocycles. The van der Waals surface area contributed by atoms with E-state index in [1.807, 2.05) is 0 Å². The van der Waals surface area contributed by atoms with Crippen LogP contribution in [0.4, 0.5) is 22.0 Å². The molecule has 0 aromatic carbocycles. The summed E-state index contributed by atoms with van der Waals surface area (Å²) < 4.78 is 72.5. The van der Waals surface area contributed by atoms with Gasteiger partial charge in [-0.25, -0.2) is 0 Å². The molecule has 106 valence electrons. The Morgan fingerprint density at radius 3 is 2.11 bits per heavy atom. The molecule has 2 aliphatic rings. The fraction of sp³-hybridized carbons (Fsp3) is 1.00. The number of hydrogen-bond acceptors (Lipinski definition) is 3. The number of halogens is 5. The highest BCUT2D eigenvalue weighted by atomic mass is 19.4. The van der Waals surface area contributed by atoms with E-state index in [0.29, 0.717) is 0 Å². The van der Waals surface area contributed by atoms with E-state index in [1.165, 1.54) is 0 Å². The van der Waals surface area contributed by atoms with Crippen molar-refractivity contribution >= 4 is 0 Å². The largest absolute Gasteiger partial charge is 0.456 e. The summed E-state index contributed by atoms with van der Waals surface area (Å²) in [4.78, 5) is 0. The van der Waals surface area contributed by atoms with Gasteiger partial charge in [-0.05, 0) is 12.8 Å². The van der Waals surface area contributed by atoms with Crippen LogP contribution in [0.15, 0.2) is 0 Å². The van der Waals surface area contributed by atoms with Gasteiger partial charge in [0.2, 0.25) is 0 Å². The van der Waals surface area contributed by atoms with Crippen LogP contribution in [0.5, 0.6) is 0 Å². The van der Waals surface area contributed by atoms with Gasteiger partial charge in [-0.15, -0.1) is 0 Å². The molecular weight excluding hydrogens is 263 g/mol. The second-order valence-electron chi connectivity index (χ2n) is 4.68. The Balaban J connectivity index is 2.04. The highest BCUT2D eigenvalue weighted by Gasteiger charge is 2.66. The predicted molar refractivity (Wildman–Crippen MR) is 49.0 cm³/mol. The van der Waals surface area contributed by atoms with Crippen LogP contribution in [0.3, 0.4) is 0 Å². The molecule has 0 aromatic heterocycles. The summed E-state index contributed by atoms with van der Waals surface area (Å²) >= 11 is 0. The zero-order chi connectivity index (χ0) is 13.6. The van der Waals surface area contributed by atoms with Gasteiger partial charge in [-0.2, -0.15) is 22.0 Å². The second kappa shape index (κ2) is 4.28. The summed E-state index contributed by atoms with van der Waals surface area (Å²) in [6.07, 6.45) is -7.76. The van der Waals surface area contributed by atoms with Crippen LogP contribution < -0.4 is 0 Å². The highest BCUT2D eigenvalue weighted by Crippen LogP contribution is 2.46. The van der Waals surface area contributed by atoms with Crippen molar-refractivity contribution in [2.75, 3.05) is 6.61 Å². The first kappa shape index (κ1) is 14.0. The van der Waals surface area contributed by atoms with Crippen LogP contribution in [0, 0.1) is 0 Å². The molecule has 1 saturated carbocycles. The number of aliphatic hydroxyl groups is 1. The van der Waals surface area contributed by atoms with Gasteiger partial charge in [0.15, 0.2) is 11.9 Å². The standard InChI is InChI=1S/C10H13F5O3/c11-9(12,10(13,14)15)7-5-17-8(18-7)3-1-6(16)2-4-8/h6-7,16H,1-5H2. The monoisotopic (exact) mass is 276 g/mol. The average molecular weight is 276 g/mol. The maximum Gasteiger partial charge on any atom is 0.456 e. The summed E-state index contributed by atoms with van der Waals surface area (Å²) in [6, 6.07) is 0. The Bertz CT molecular complexity index is 309. The molecule has 0 radical (unpaired) electrons. The quantitative estimate of drug-likeness (QED) is 0.746. The molecule has 2 rings (SSSR count). The third-order valence-corrected chi connectivity index (χ3v) is 3.35. The van der Waals surface area contributed by atoms with Crippen LogP contribution in [0.25, 0.3) is 0 Å². The minimum Gasteiger partial charge on any atom is -0.393 e. The van der Waals surface area contributed by atoms with Crippen molar-refractivity contribution in [3.63, 3.8) is 0 Å². The molecule has 0 aromatic rings. The predicted octanol–water partition coefficient (Wildman–Crippen LogP) is 2.23. The van der Waals surface area contributed by atoms with E-state index >= 15 is 0 Å². The van der Waals surface area contributed by atoms with Gasteiger partial charge in [0.1, 0.15) is 0 Å². The van der Waals surface area contributed by atoms with Gasteiger partial charge >= 0.3 is 12.1 Å². The Morgan fingerprint density at radius 1 is 1.06 bits per heavy atom. The van der Waals surface area contributed by atoms with Crippen LogP contribution in [0.1, 0.15) is 25.7 Å². The Labute approximate surface area is 99.9 Å². The zero-order valence-corrected chi connectivity index (χ0v) is 9.34. The summed E-state index contributed by atoms with van der Waals surface area (Å²) in [6.45, 7) is -0.789. The fourth-order valence-corrected chi connectivity index (χ4v) is 2.22. The van der Waals surface area contributed by atoms with E-state index in [0.717, 1.165) is 0 Å². The van der Waals surface area contributed by atoms with Crippen molar-refractivity contribution in [1.82, 2.24) is 0 Å². The molecule has 2 fully saturated rings. The van der Waals surface area contributed by atoms with Crippen molar-refractivity contribution < 1.29 is 36.5 Å². The summed E-state index contributed by atoms with van der Waals surface area (Å²) in [7, 11) is 0. The van der Waals surface area contributed by atoms with Crippen LogP contribution >= 0.6 is 0 Å². The third-order valence-electron chi connectivity index (χ3n) is 3.35. The smallest absolute Gasteiger partial charge is 0.393 e. The molecule has 1 aliphatic heterocycles. The van der Waals surface area contributed by atoms with E-state index in [9.17, 15) is 27.1 Å². The van der Waals surface area contributed by atoms with E-state index < -0.39 is 36.7 Å². The zero-order valence-electron chi connectivity index (χ0n) is 9.34. The van der Waals surface area contributed by atoms with Gasteiger partial charge < -0.3 is 14.6 Å². The number of aliphatic hydroxyl groups excluding tert-OH is 1. The van der Waals surface area contributed by atoms with Crippen molar-refractivity contribution in [3.05, 3.63) is 0 Å². The van der Waals surface area contributed by atoms with Gasteiger partial charge in [0.05, 0.1) is 12.7 Å². The van der Waals surface area contributed by atoms with Crippen LogP contribution in [-0.2, 0) is 9.47 Å². The molecule has 0 bridgehead atoms. The lowest BCUT2D eigenvalue weighted by molar-refractivity contribution is -0.323. The lowest BCUT2D eigenvalue weighted by atomic mass is 9.92. The first-order valence-electron chi connectivity index (χ1n) is 5.61. The lowest BCUT2D eigenvalue weighted by Crippen LogP contribution is -2.49. The van der Waals surface area contributed by atoms with Crippen molar-refractivity contribution in [3.8, 4) is 0 Å². The van der Waals surface area contributed by atoms with Crippen molar-refractivity contribution in [2.24, 2.45) is 0 Å². The molecule has 18 heavy (non-hydrogen) atoms. The highest BCUT2D eigenvalue weighted by molar-refractivity contribution is 4.93. The topological polar surface area (TPSA) is 38.7 Å². The molecule has 1 heterocycles. The minimum atomic E-state index is -5.65. The van der Waals surface area contributed by atoms with E-state index in [1.54, 1.807) is 0 Å². The van der Waals surface area contributed by atoms with Gasteiger partial charge in [-0.3, -0.25) is 0 Å². The summed E-state index contributed by atoms with van der Waals surface area (Å²) in [5.74, 6) is -6.31. The Kier molecular flexibility index (Phi) is 3.31. The first-order chi connectivity index (χ1) is 8.16. The van der Waals surface area contributed by atoms with E-state index in [2.05, 4.69) is 0 Å². The fourth-order valence-electron chi connectivity index (χ4n) is 2.22. The van der Waals surface area contributed by atoms with Gasteiger partial charge in [0, 0.05) is 12.8 Å². The maximum absolute atomic E-state index is 13.1. The number of alkyl halides is 5. The van der Waals surface area contributed by atoms with Gasteiger partial charge in [0.25, 0.3) is 0 Å². The first-order valence-corrected chi connectivity index (χ1v) is 5.61. The number of hydrogen-bond donors (Lipinski definition) is 1. The average Bonchev–Trinajstić information content (AvgIpc) is 2.66. The maximum atomic E-state index is 13.1. The van der Waals surface area contributed by atoms with E-state index in [-0.39, 0.29) is 25.7 Å². The van der Waals surface area contributed by atoms with Crippen molar-refractivity contribution in [2.45, 2.75) is 55.8 Å². The minimum absolute atomic E-state index is 0.124. The Hall–Kier alpha value is -0.470. The summed E-state index contributed by atoms with van der Waals surface area (Å²) in [5.41, 5.74) is 0. The SMILES string of the molecule is OC1CCC2(CC1)OCC(C(F)(F)C(F)(F)F)O2. The van der Waals surface area contributed by atoms with Crippen LogP contribution in [-0.4, -0.2) is 41.8 Å². The molecule has 8 heteroatoms.